The first kappa shape index (κ1) is 39.9. The molecule has 0 amide bonds. The summed E-state index contributed by atoms with van der Waals surface area (Å²) in [6.07, 6.45) is 3.83. The number of ketones is 1. The summed E-state index contributed by atoms with van der Waals surface area (Å²) in [5, 5.41) is 0.369. The Morgan fingerprint density at radius 1 is 0.923 bits per heavy atom. The van der Waals surface area contributed by atoms with Gasteiger partial charge in [-0.1, -0.05) is 49.2 Å². The number of Topliss-reactive ketones (excluding diaryl/α,β-unsaturated/α-hetero) is 1. The number of halogens is 1. The van der Waals surface area contributed by atoms with Crippen molar-refractivity contribution in [3.05, 3.63) is 95.1 Å². The second-order valence-corrected chi connectivity index (χ2v) is 15.4. The number of esters is 2. The van der Waals surface area contributed by atoms with E-state index in [1.807, 2.05) is 51.1 Å². The van der Waals surface area contributed by atoms with Crippen LogP contribution in [0.4, 0.5) is 10.2 Å². The van der Waals surface area contributed by atoms with Crippen molar-refractivity contribution in [2.45, 2.75) is 84.8 Å². The monoisotopic (exact) mass is 735 g/mol. The van der Waals surface area contributed by atoms with Crippen LogP contribution in [0.2, 0.25) is 0 Å². The first-order valence-corrected chi connectivity index (χ1v) is 18.9. The van der Waals surface area contributed by atoms with E-state index in [9.17, 15) is 27.2 Å². The summed E-state index contributed by atoms with van der Waals surface area (Å²) in [6.45, 7) is 7.24. The molecule has 52 heavy (non-hydrogen) atoms. The van der Waals surface area contributed by atoms with Gasteiger partial charge in [0.15, 0.2) is 23.0 Å². The fraction of sp³-hybridized carbons (Fsp3) is 0.410. The first-order valence-electron chi connectivity index (χ1n) is 17.3. The minimum Gasteiger partial charge on any atom is -0.484 e. The Morgan fingerprint density at radius 3 is 2.37 bits per heavy atom. The number of carbonyl (C=O) groups excluding carboxylic acids is 3. The maximum absolute atomic E-state index is 14.1. The Hall–Kier alpha value is -4.91. The predicted octanol–water partition coefficient (Wildman–Crippen LogP) is 7.40. The fourth-order valence-electron chi connectivity index (χ4n) is 5.49. The van der Waals surface area contributed by atoms with E-state index < -0.39 is 33.2 Å². The topological polar surface area (TPSA) is 142 Å². The van der Waals surface area contributed by atoms with Gasteiger partial charge in [0, 0.05) is 31.5 Å². The largest absolute Gasteiger partial charge is 0.484 e. The van der Waals surface area contributed by atoms with Crippen molar-refractivity contribution in [1.82, 2.24) is 9.97 Å². The third kappa shape index (κ3) is 11.0. The Kier molecular flexibility index (Phi) is 13.8. The Bertz CT molecular complexity index is 1980. The molecule has 0 atom stereocenters. The molecule has 0 aliphatic carbocycles. The minimum atomic E-state index is -3.91. The molecule has 0 N–H and O–H groups in total. The zero-order valence-corrected chi connectivity index (χ0v) is 31.1. The molecule has 0 bridgehead atoms. The normalized spacial score (nSPS) is 11.7. The highest BCUT2D eigenvalue weighted by molar-refractivity contribution is 7.92. The van der Waals surface area contributed by atoms with Crippen molar-refractivity contribution >= 4 is 44.5 Å². The summed E-state index contributed by atoms with van der Waals surface area (Å²) in [7, 11) is -2.53. The lowest BCUT2D eigenvalue weighted by Gasteiger charge is -2.22. The van der Waals surface area contributed by atoms with Crippen LogP contribution >= 0.6 is 0 Å². The average molecular weight is 736 g/mol. The Morgan fingerprint density at radius 2 is 1.65 bits per heavy atom. The molecule has 0 saturated carbocycles. The van der Waals surface area contributed by atoms with E-state index in [0.717, 1.165) is 15.9 Å². The number of pyridine rings is 2. The van der Waals surface area contributed by atoms with Crippen LogP contribution in [0.1, 0.15) is 98.2 Å². The van der Waals surface area contributed by atoms with Gasteiger partial charge in [-0.15, -0.1) is 0 Å². The van der Waals surface area contributed by atoms with Crippen LogP contribution in [-0.2, 0) is 37.3 Å². The molecular weight excluding hydrogens is 690 g/mol. The number of aryl methyl sites for hydroxylation is 1. The van der Waals surface area contributed by atoms with Gasteiger partial charge in [-0.25, -0.2) is 22.6 Å². The summed E-state index contributed by atoms with van der Waals surface area (Å²) in [5.74, 6) is -2.19. The van der Waals surface area contributed by atoms with E-state index in [0.29, 0.717) is 36.6 Å². The summed E-state index contributed by atoms with van der Waals surface area (Å²) in [5.41, 5.74) is 0.817. The van der Waals surface area contributed by atoms with Crippen LogP contribution in [0, 0.1) is 5.82 Å². The van der Waals surface area contributed by atoms with E-state index in [1.165, 1.54) is 25.4 Å². The predicted molar refractivity (Wildman–Crippen MR) is 196 cm³/mol. The number of unbranched alkanes of at least 4 members (excludes halogenated alkanes) is 3. The number of ether oxygens (including phenoxy) is 3. The number of benzene rings is 2. The van der Waals surface area contributed by atoms with E-state index in [4.69, 9.17) is 14.2 Å². The van der Waals surface area contributed by atoms with Crippen molar-refractivity contribution in [2.75, 3.05) is 23.7 Å². The molecule has 2 aromatic heterocycles. The molecule has 0 saturated heterocycles. The van der Waals surface area contributed by atoms with Crippen molar-refractivity contribution in [3.63, 3.8) is 0 Å². The molecule has 0 aliphatic heterocycles. The van der Waals surface area contributed by atoms with Gasteiger partial charge in [-0.2, -0.15) is 0 Å². The maximum Gasteiger partial charge on any atom is 0.338 e. The molecule has 4 aromatic rings. The molecule has 0 radical (unpaired) electrons. The van der Waals surface area contributed by atoms with Gasteiger partial charge in [-0.3, -0.25) is 18.9 Å². The third-order valence-electron chi connectivity index (χ3n) is 8.04. The molecule has 278 valence electrons. The number of sulfonamides is 1. The van der Waals surface area contributed by atoms with E-state index in [-0.39, 0.29) is 72.5 Å². The number of rotatable bonds is 18. The third-order valence-corrected chi connectivity index (χ3v) is 9.86. The lowest BCUT2D eigenvalue weighted by molar-refractivity contribution is -0.154. The smallest absolute Gasteiger partial charge is 0.338 e. The minimum absolute atomic E-state index is 0.0115. The summed E-state index contributed by atoms with van der Waals surface area (Å²) in [6, 6.07) is 16.3. The van der Waals surface area contributed by atoms with Crippen molar-refractivity contribution in [3.8, 4) is 5.75 Å². The number of aromatic nitrogens is 2. The van der Waals surface area contributed by atoms with Crippen LogP contribution in [0.3, 0.4) is 0 Å². The second kappa shape index (κ2) is 18.0. The molecule has 0 spiro atoms. The first-order chi connectivity index (χ1) is 24.7. The molecule has 11 nitrogen and oxygen atoms in total. The van der Waals surface area contributed by atoms with Crippen LogP contribution < -0.4 is 9.04 Å². The SMILES string of the molecule is CCOC(=O)c1cc(F)ccc1CCC(=O)c1nc(N(C)S(=O)(=O)CCCCCCC(=O)OC(C)(C)C)c2cccnc2c1OCc1ccccc1. The van der Waals surface area contributed by atoms with Crippen LogP contribution in [0.5, 0.6) is 5.75 Å². The Balaban J connectivity index is 1.61. The average Bonchev–Trinajstić information content (AvgIpc) is 3.10. The molecule has 0 fully saturated rings. The molecule has 4 rings (SSSR count). The lowest BCUT2D eigenvalue weighted by atomic mass is 9.99. The molecular formula is C39H46FN3O8S. The zero-order valence-electron chi connectivity index (χ0n) is 30.3. The molecule has 13 heteroatoms. The van der Waals surface area contributed by atoms with Gasteiger partial charge >= 0.3 is 11.9 Å². The molecule has 0 unspecified atom stereocenters. The number of hydrogen-bond donors (Lipinski definition) is 0. The van der Waals surface area contributed by atoms with Gasteiger partial charge in [0.2, 0.25) is 10.0 Å². The number of nitrogens with zero attached hydrogens (tertiary/aromatic N) is 3. The van der Waals surface area contributed by atoms with Gasteiger partial charge in [0.1, 0.15) is 23.5 Å². The van der Waals surface area contributed by atoms with E-state index >= 15 is 0 Å². The number of hydrogen-bond acceptors (Lipinski definition) is 10. The number of anilines is 1. The molecule has 2 aromatic carbocycles. The second-order valence-electron chi connectivity index (χ2n) is 13.3. The highest BCUT2D eigenvalue weighted by atomic mass is 32.2. The number of carbonyl (C=O) groups is 3. The molecule has 2 heterocycles. The summed E-state index contributed by atoms with van der Waals surface area (Å²) < 4.78 is 59.1. The quantitative estimate of drug-likeness (QED) is 0.0577. The lowest BCUT2D eigenvalue weighted by Crippen LogP contribution is -2.30. The Labute approximate surface area is 304 Å². The van der Waals surface area contributed by atoms with Crippen molar-refractivity contribution in [1.29, 1.82) is 0 Å². The van der Waals surface area contributed by atoms with Gasteiger partial charge in [0.25, 0.3) is 0 Å². The standard InChI is InChI=1S/C39H46FN3O8S/c1-6-49-38(46)31-25-29(40)21-19-28(31)20-22-32(44)35-36(50-26-27-15-10-9-11-16-27)34-30(17-14-23-41-34)37(42-35)43(5)52(47,48)24-13-8-7-12-18-33(45)51-39(2,3)4/h9-11,14-17,19,21,23,25H,6-8,12-13,18,20,22,24,26H2,1-5H3. The highest BCUT2D eigenvalue weighted by Gasteiger charge is 2.28. The van der Waals surface area contributed by atoms with Crippen LogP contribution in [-0.4, -0.2) is 61.1 Å². The van der Waals surface area contributed by atoms with Crippen molar-refractivity contribution in [2.24, 2.45) is 0 Å². The van der Waals surface area contributed by atoms with E-state index in [2.05, 4.69) is 9.97 Å². The highest BCUT2D eigenvalue weighted by Crippen LogP contribution is 2.35. The van der Waals surface area contributed by atoms with Gasteiger partial charge in [0.05, 0.1) is 17.9 Å². The number of fused-ring (bicyclic) bond motifs is 1. The van der Waals surface area contributed by atoms with Crippen molar-refractivity contribution < 1.29 is 41.4 Å². The summed E-state index contributed by atoms with van der Waals surface area (Å²) in [4.78, 5) is 47.7. The fourth-order valence-corrected chi connectivity index (χ4v) is 6.74. The summed E-state index contributed by atoms with van der Waals surface area (Å²) >= 11 is 0. The van der Waals surface area contributed by atoms with E-state index in [1.54, 1.807) is 19.1 Å². The molecule has 0 aliphatic rings. The maximum atomic E-state index is 14.1. The van der Waals surface area contributed by atoms with Gasteiger partial charge in [-0.05, 0) is 82.3 Å². The van der Waals surface area contributed by atoms with Gasteiger partial charge < -0.3 is 14.2 Å². The zero-order chi connectivity index (χ0) is 37.9. The van der Waals surface area contributed by atoms with Crippen LogP contribution in [0.15, 0.2) is 66.9 Å². The van der Waals surface area contributed by atoms with Crippen LogP contribution in [0.25, 0.3) is 10.9 Å².